The van der Waals surface area contributed by atoms with E-state index in [1.165, 1.54) is 32.4 Å². The topological polar surface area (TPSA) is 78.7 Å². The van der Waals surface area contributed by atoms with Gasteiger partial charge in [-0.15, -0.1) is 0 Å². The summed E-state index contributed by atoms with van der Waals surface area (Å²) >= 11 is 0. The number of benzene rings is 1. The summed E-state index contributed by atoms with van der Waals surface area (Å²) in [7, 11) is 1.31. The van der Waals surface area contributed by atoms with Crippen molar-refractivity contribution >= 4 is 16.5 Å². The second kappa shape index (κ2) is 6.43. The van der Waals surface area contributed by atoms with E-state index in [1.807, 2.05) is 0 Å². The van der Waals surface area contributed by atoms with Crippen LogP contribution in [0.25, 0.3) is 0 Å². The Bertz CT molecular complexity index is 419. The van der Waals surface area contributed by atoms with Gasteiger partial charge in [-0.2, -0.15) is 0 Å². The largest absolute Gasteiger partial charge is 0.355 e. The van der Waals surface area contributed by atoms with Crippen molar-refractivity contribution in [3.8, 4) is 0 Å². The van der Waals surface area contributed by atoms with Gasteiger partial charge in [0.2, 0.25) is 0 Å². The molecular formula is C10H13NO5S. The fourth-order valence-corrected chi connectivity index (χ4v) is 2.55. The molecule has 1 rings (SSSR count). The average Bonchev–Trinajstić information content (AvgIpc) is 2.35. The number of nitrogens with zero attached hydrogens (tertiary/aromatic N) is 1. The van der Waals surface area contributed by atoms with Crippen LogP contribution in [0.1, 0.15) is 0 Å². The molecule has 0 spiro atoms. The number of rotatable bonds is 6. The first-order chi connectivity index (χ1) is 8.10. The molecule has 94 valence electrons. The van der Waals surface area contributed by atoms with Gasteiger partial charge in [-0.25, -0.2) is 0 Å². The molecule has 0 amide bonds. The van der Waals surface area contributed by atoms with Crippen molar-refractivity contribution in [2.24, 2.45) is 0 Å². The standard InChI is InChI=1S/C10H13NO5S/c1-15-10(16-2)7-17(14)9-6-4-3-5-8(9)11(12)13/h3-6,10H,7H2,1-2H3. The number of methoxy groups -OCH3 is 2. The Kier molecular flexibility index (Phi) is 5.20. The molecule has 17 heavy (non-hydrogen) atoms. The van der Waals surface area contributed by atoms with Crippen molar-refractivity contribution in [1.29, 1.82) is 0 Å². The molecule has 6 nitrogen and oxygen atoms in total. The smallest absolute Gasteiger partial charge is 0.285 e. The van der Waals surface area contributed by atoms with Crippen molar-refractivity contribution in [3.05, 3.63) is 34.4 Å². The van der Waals surface area contributed by atoms with Crippen molar-refractivity contribution in [3.63, 3.8) is 0 Å². The van der Waals surface area contributed by atoms with E-state index in [1.54, 1.807) is 6.07 Å². The second-order valence-electron chi connectivity index (χ2n) is 3.14. The molecule has 0 aliphatic heterocycles. The minimum atomic E-state index is -1.54. The lowest BCUT2D eigenvalue weighted by atomic mass is 10.3. The first-order valence-corrected chi connectivity index (χ1v) is 6.09. The molecule has 7 heteroatoms. The van der Waals surface area contributed by atoms with Crippen LogP contribution in [0.3, 0.4) is 0 Å². The fraction of sp³-hybridized carbons (Fsp3) is 0.400. The highest BCUT2D eigenvalue weighted by Gasteiger charge is 2.20. The molecule has 0 radical (unpaired) electrons. The van der Waals surface area contributed by atoms with E-state index < -0.39 is 22.0 Å². The number of hydrogen-bond donors (Lipinski definition) is 0. The summed E-state index contributed by atoms with van der Waals surface area (Å²) in [5, 5.41) is 10.8. The second-order valence-corrected chi connectivity index (χ2v) is 4.60. The fourth-order valence-electron chi connectivity index (χ4n) is 1.25. The van der Waals surface area contributed by atoms with E-state index >= 15 is 0 Å². The highest BCUT2D eigenvalue weighted by atomic mass is 32.2. The molecule has 0 aromatic heterocycles. The summed E-state index contributed by atoms with van der Waals surface area (Å²) < 4.78 is 21.8. The van der Waals surface area contributed by atoms with Crippen molar-refractivity contribution in [1.82, 2.24) is 0 Å². The van der Waals surface area contributed by atoms with Gasteiger partial charge >= 0.3 is 0 Å². The third kappa shape index (κ3) is 3.58. The van der Waals surface area contributed by atoms with Gasteiger partial charge in [-0.3, -0.25) is 14.3 Å². The van der Waals surface area contributed by atoms with E-state index in [9.17, 15) is 14.3 Å². The highest BCUT2D eigenvalue weighted by molar-refractivity contribution is 7.85. The van der Waals surface area contributed by atoms with Gasteiger partial charge in [-0.1, -0.05) is 12.1 Å². The minimum absolute atomic E-state index is 0.0534. The van der Waals surface area contributed by atoms with E-state index in [0.29, 0.717) is 0 Å². The lowest BCUT2D eigenvalue weighted by molar-refractivity contribution is -0.387. The lowest BCUT2D eigenvalue weighted by Gasteiger charge is -2.12. The first-order valence-electron chi connectivity index (χ1n) is 4.77. The zero-order valence-corrected chi connectivity index (χ0v) is 10.3. The summed E-state index contributed by atoms with van der Waals surface area (Å²) in [5.41, 5.74) is -0.156. The summed E-state index contributed by atoms with van der Waals surface area (Å²) in [4.78, 5) is 10.4. The van der Waals surface area contributed by atoms with E-state index in [2.05, 4.69) is 0 Å². The lowest BCUT2D eigenvalue weighted by Crippen LogP contribution is -2.21. The van der Waals surface area contributed by atoms with Crippen LogP contribution in [0, 0.1) is 10.1 Å². The Morgan fingerprint density at radius 2 is 1.94 bits per heavy atom. The number of nitro groups is 1. The molecule has 0 saturated carbocycles. The van der Waals surface area contributed by atoms with Crippen molar-refractivity contribution < 1.29 is 18.6 Å². The highest BCUT2D eigenvalue weighted by Crippen LogP contribution is 2.22. The molecule has 1 aromatic rings. The molecule has 0 fully saturated rings. The predicted octanol–water partition coefficient (Wildman–Crippen LogP) is 1.32. The summed E-state index contributed by atoms with van der Waals surface area (Å²) in [5.74, 6) is 0.0534. The quantitative estimate of drug-likeness (QED) is 0.437. The maximum absolute atomic E-state index is 11.9. The molecular weight excluding hydrogens is 246 g/mol. The van der Waals surface area contributed by atoms with Crippen molar-refractivity contribution in [2.45, 2.75) is 11.2 Å². The third-order valence-corrected chi connectivity index (χ3v) is 3.53. The summed E-state index contributed by atoms with van der Waals surface area (Å²) in [6.07, 6.45) is -0.643. The van der Waals surface area contributed by atoms with Crippen LogP contribution in [-0.2, 0) is 20.3 Å². The van der Waals surface area contributed by atoms with E-state index in [0.717, 1.165) is 0 Å². The predicted molar refractivity (Wildman–Crippen MR) is 62.2 cm³/mol. The Balaban J connectivity index is 2.92. The molecule has 0 N–H and O–H groups in total. The monoisotopic (exact) mass is 259 g/mol. The molecule has 1 atom stereocenters. The van der Waals surface area contributed by atoms with Crippen LogP contribution in [0.2, 0.25) is 0 Å². The Labute approximate surface area is 101 Å². The van der Waals surface area contributed by atoms with Crippen LogP contribution in [0.5, 0.6) is 0 Å². The van der Waals surface area contributed by atoms with Crippen LogP contribution < -0.4 is 0 Å². The van der Waals surface area contributed by atoms with Gasteiger partial charge in [0.1, 0.15) is 4.90 Å². The summed E-state index contributed by atoms with van der Waals surface area (Å²) in [6, 6.07) is 5.93. The maximum Gasteiger partial charge on any atom is 0.285 e. The molecule has 1 unspecified atom stereocenters. The zero-order valence-electron chi connectivity index (χ0n) is 9.49. The maximum atomic E-state index is 11.9. The van der Waals surface area contributed by atoms with Gasteiger partial charge in [0.05, 0.1) is 21.5 Å². The van der Waals surface area contributed by atoms with Gasteiger partial charge in [0, 0.05) is 20.3 Å². The SMILES string of the molecule is COC(CS(=O)c1ccccc1[N+](=O)[O-])OC. The minimum Gasteiger partial charge on any atom is -0.355 e. The Morgan fingerprint density at radius 1 is 1.35 bits per heavy atom. The molecule has 1 aromatic carbocycles. The van der Waals surface area contributed by atoms with Gasteiger partial charge in [0.25, 0.3) is 5.69 Å². The van der Waals surface area contributed by atoms with Crippen LogP contribution in [-0.4, -0.2) is 35.4 Å². The Morgan fingerprint density at radius 3 is 2.47 bits per heavy atom. The first kappa shape index (κ1) is 13.8. The zero-order chi connectivity index (χ0) is 12.8. The number of hydrogen-bond acceptors (Lipinski definition) is 5. The van der Waals surface area contributed by atoms with Crippen LogP contribution >= 0.6 is 0 Å². The molecule has 0 heterocycles. The van der Waals surface area contributed by atoms with Gasteiger partial charge in [-0.05, 0) is 6.07 Å². The summed E-state index contributed by atoms with van der Waals surface area (Å²) in [6.45, 7) is 0. The van der Waals surface area contributed by atoms with Gasteiger partial charge in [0.15, 0.2) is 6.29 Å². The van der Waals surface area contributed by atoms with Crippen LogP contribution in [0.4, 0.5) is 5.69 Å². The number of ether oxygens (including phenoxy) is 2. The van der Waals surface area contributed by atoms with E-state index in [-0.39, 0.29) is 16.3 Å². The normalized spacial score (nSPS) is 12.6. The number of para-hydroxylation sites is 1. The average molecular weight is 259 g/mol. The molecule has 0 saturated heterocycles. The van der Waals surface area contributed by atoms with Crippen molar-refractivity contribution in [2.75, 3.05) is 20.0 Å². The van der Waals surface area contributed by atoms with Crippen LogP contribution in [0.15, 0.2) is 29.2 Å². The Hall–Kier alpha value is -1.31. The van der Waals surface area contributed by atoms with E-state index in [4.69, 9.17) is 9.47 Å². The third-order valence-electron chi connectivity index (χ3n) is 2.12. The molecule has 0 aliphatic carbocycles. The molecule has 0 aliphatic rings. The number of nitro benzene ring substituents is 1. The van der Waals surface area contributed by atoms with Gasteiger partial charge < -0.3 is 9.47 Å². The molecule has 0 bridgehead atoms.